The highest BCUT2D eigenvalue weighted by molar-refractivity contribution is 4.90. The normalized spacial score (nSPS) is 9.70. The summed E-state index contributed by atoms with van der Waals surface area (Å²) in [5.41, 5.74) is 1.32. The average Bonchev–Trinajstić information content (AvgIpc) is 1.79. The minimum atomic E-state index is 1.03. The first-order chi connectivity index (χ1) is 4.63. The molecule has 0 fully saturated rings. The van der Waals surface area contributed by atoms with Crippen LogP contribution in [0.4, 0.5) is 0 Å². The van der Waals surface area contributed by atoms with Crippen LogP contribution in [0.3, 0.4) is 0 Å². The summed E-state index contributed by atoms with van der Waals surface area (Å²) in [5, 5.41) is 3.21. The first-order valence-electron chi connectivity index (χ1n) is 3.64. The fourth-order valence-electron chi connectivity index (χ4n) is 0.564. The van der Waals surface area contributed by atoms with E-state index in [-0.39, 0.29) is 0 Å². The maximum Gasteiger partial charge on any atom is 0.0269 e. The fourth-order valence-corrected chi connectivity index (χ4v) is 0.564. The highest BCUT2D eigenvalue weighted by Gasteiger charge is 1.85. The number of likely N-dealkylation sites (N-methyl/N-ethyl adjacent to an activating group) is 1. The molecule has 1 N–H and O–H groups in total. The van der Waals surface area contributed by atoms with Crippen molar-refractivity contribution < 1.29 is 0 Å². The van der Waals surface area contributed by atoms with Gasteiger partial charge < -0.3 is 10.2 Å². The Kier molecular flexibility index (Phi) is 5.03. The van der Waals surface area contributed by atoms with Crippen molar-refractivity contribution >= 4 is 0 Å². The van der Waals surface area contributed by atoms with Crippen molar-refractivity contribution in [1.82, 2.24) is 10.2 Å². The van der Waals surface area contributed by atoms with Crippen LogP contribution in [0.1, 0.15) is 13.8 Å². The zero-order valence-corrected chi connectivity index (χ0v) is 7.44. The highest BCUT2D eigenvalue weighted by atomic mass is 15.1. The van der Waals surface area contributed by atoms with Crippen LogP contribution < -0.4 is 5.32 Å². The molecule has 0 aromatic heterocycles. The molecule has 0 aliphatic carbocycles. The van der Waals surface area contributed by atoms with Crippen LogP contribution in [0, 0.1) is 0 Å². The van der Waals surface area contributed by atoms with Gasteiger partial charge in [-0.25, -0.2) is 0 Å². The lowest BCUT2D eigenvalue weighted by Gasteiger charge is -2.08. The molecule has 10 heavy (non-hydrogen) atoms. The Labute approximate surface area is 63.9 Å². The van der Waals surface area contributed by atoms with E-state index in [4.69, 9.17) is 0 Å². The highest BCUT2D eigenvalue weighted by Crippen LogP contribution is 1.82. The van der Waals surface area contributed by atoms with Gasteiger partial charge in [-0.2, -0.15) is 0 Å². The van der Waals surface area contributed by atoms with Gasteiger partial charge in [-0.05, 0) is 34.1 Å². The van der Waals surface area contributed by atoms with E-state index in [0.29, 0.717) is 0 Å². The Morgan fingerprint density at radius 2 is 2.00 bits per heavy atom. The van der Waals surface area contributed by atoms with Crippen molar-refractivity contribution in [3.63, 3.8) is 0 Å². The van der Waals surface area contributed by atoms with Gasteiger partial charge in [0.1, 0.15) is 0 Å². The van der Waals surface area contributed by atoms with Gasteiger partial charge in [0, 0.05) is 13.1 Å². The molecule has 0 radical (unpaired) electrons. The standard InChI is InChI=1S/C8H18N2/c1-8(2)7-9-5-6-10(3)4/h7,9H,5-6H2,1-4H3. The summed E-state index contributed by atoms with van der Waals surface area (Å²) in [6.07, 6.45) is 2.05. The molecule has 60 valence electrons. The van der Waals surface area contributed by atoms with E-state index in [1.165, 1.54) is 5.57 Å². The molecule has 2 heteroatoms. The summed E-state index contributed by atoms with van der Waals surface area (Å²) >= 11 is 0. The molecule has 0 aromatic rings. The van der Waals surface area contributed by atoms with Crippen LogP contribution in [-0.2, 0) is 0 Å². The van der Waals surface area contributed by atoms with E-state index in [2.05, 4.69) is 38.2 Å². The lowest BCUT2D eigenvalue weighted by Crippen LogP contribution is -2.23. The van der Waals surface area contributed by atoms with Crippen LogP contribution in [0.5, 0.6) is 0 Å². The Balaban J connectivity index is 3.13. The second kappa shape index (κ2) is 5.30. The SMILES string of the molecule is CC(C)=CNCCN(C)C. The molecule has 0 unspecified atom stereocenters. The number of hydrogen-bond acceptors (Lipinski definition) is 2. The van der Waals surface area contributed by atoms with Crippen molar-refractivity contribution in [2.75, 3.05) is 27.2 Å². The van der Waals surface area contributed by atoms with Crippen LogP contribution in [0.25, 0.3) is 0 Å². The van der Waals surface area contributed by atoms with Gasteiger partial charge in [-0.3, -0.25) is 0 Å². The van der Waals surface area contributed by atoms with Crippen molar-refractivity contribution in [1.29, 1.82) is 0 Å². The third kappa shape index (κ3) is 7.50. The molecule has 0 bridgehead atoms. The molecule has 0 spiro atoms. The number of allylic oxidation sites excluding steroid dienone is 1. The second-order valence-corrected chi connectivity index (χ2v) is 2.98. The molecule has 0 aliphatic heterocycles. The molecule has 0 atom stereocenters. The zero-order chi connectivity index (χ0) is 7.98. The van der Waals surface area contributed by atoms with E-state index >= 15 is 0 Å². The minimum absolute atomic E-state index is 1.03. The third-order valence-electron chi connectivity index (χ3n) is 1.09. The number of hydrogen-bond donors (Lipinski definition) is 1. The predicted molar refractivity (Wildman–Crippen MR) is 46.0 cm³/mol. The largest absolute Gasteiger partial charge is 0.390 e. The predicted octanol–water partition coefficient (Wildman–Crippen LogP) is 1.06. The van der Waals surface area contributed by atoms with E-state index in [1.54, 1.807) is 0 Å². The molecule has 0 saturated carbocycles. The molecular formula is C8H18N2. The summed E-state index contributed by atoms with van der Waals surface area (Å²) in [6, 6.07) is 0. The van der Waals surface area contributed by atoms with Crippen LogP contribution in [-0.4, -0.2) is 32.1 Å². The third-order valence-corrected chi connectivity index (χ3v) is 1.09. The monoisotopic (exact) mass is 142 g/mol. The van der Waals surface area contributed by atoms with E-state index in [0.717, 1.165) is 13.1 Å². The van der Waals surface area contributed by atoms with Crippen molar-refractivity contribution in [2.24, 2.45) is 0 Å². The fraction of sp³-hybridized carbons (Fsp3) is 0.750. The minimum Gasteiger partial charge on any atom is -0.390 e. The quantitative estimate of drug-likeness (QED) is 0.590. The summed E-state index contributed by atoms with van der Waals surface area (Å²) in [6.45, 7) is 6.28. The summed E-state index contributed by atoms with van der Waals surface area (Å²) in [4.78, 5) is 2.16. The van der Waals surface area contributed by atoms with Gasteiger partial charge in [0.15, 0.2) is 0 Å². The smallest absolute Gasteiger partial charge is 0.0269 e. The van der Waals surface area contributed by atoms with E-state index in [9.17, 15) is 0 Å². The molecule has 0 heterocycles. The molecule has 0 rings (SSSR count). The number of nitrogens with one attached hydrogen (secondary N) is 1. The summed E-state index contributed by atoms with van der Waals surface area (Å²) < 4.78 is 0. The maximum absolute atomic E-state index is 3.21. The van der Waals surface area contributed by atoms with Crippen molar-refractivity contribution in [3.8, 4) is 0 Å². The lowest BCUT2D eigenvalue weighted by molar-refractivity contribution is 0.410. The Morgan fingerprint density at radius 1 is 1.40 bits per heavy atom. The summed E-state index contributed by atoms with van der Waals surface area (Å²) in [7, 11) is 4.15. The lowest BCUT2D eigenvalue weighted by atomic mass is 10.4. The van der Waals surface area contributed by atoms with Gasteiger partial charge >= 0.3 is 0 Å². The van der Waals surface area contributed by atoms with Crippen LogP contribution in [0.15, 0.2) is 11.8 Å². The molecule has 0 aromatic carbocycles. The van der Waals surface area contributed by atoms with Crippen LogP contribution >= 0.6 is 0 Å². The summed E-state index contributed by atoms with van der Waals surface area (Å²) in [5.74, 6) is 0. The molecule has 0 aliphatic rings. The number of rotatable bonds is 4. The first kappa shape index (κ1) is 9.50. The zero-order valence-electron chi connectivity index (χ0n) is 7.44. The Bertz CT molecular complexity index is 102. The topological polar surface area (TPSA) is 15.3 Å². The number of nitrogens with zero attached hydrogens (tertiary/aromatic N) is 1. The van der Waals surface area contributed by atoms with Gasteiger partial charge in [-0.15, -0.1) is 0 Å². The van der Waals surface area contributed by atoms with Gasteiger partial charge in [0.25, 0.3) is 0 Å². The Morgan fingerprint density at radius 3 is 2.40 bits per heavy atom. The molecule has 0 saturated heterocycles. The average molecular weight is 142 g/mol. The van der Waals surface area contributed by atoms with Gasteiger partial charge in [0.2, 0.25) is 0 Å². The van der Waals surface area contributed by atoms with Crippen molar-refractivity contribution in [2.45, 2.75) is 13.8 Å². The second-order valence-electron chi connectivity index (χ2n) is 2.98. The molecule has 2 nitrogen and oxygen atoms in total. The maximum atomic E-state index is 3.21. The molecule has 0 amide bonds. The first-order valence-corrected chi connectivity index (χ1v) is 3.64. The van der Waals surface area contributed by atoms with E-state index < -0.39 is 0 Å². The molecular weight excluding hydrogens is 124 g/mol. The van der Waals surface area contributed by atoms with Crippen molar-refractivity contribution in [3.05, 3.63) is 11.8 Å². The Hall–Kier alpha value is -0.500. The van der Waals surface area contributed by atoms with Crippen LogP contribution in [0.2, 0.25) is 0 Å². The van der Waals surface area contributed by atoms with E-state index in [1.807, 2.05) is 6.20 Å². The van der Waals surface area contributed by atoms with Gasteiger partial charge in [0.05, 0.1) is 0 Å². The van der Waals surface area contributed by atoms with Gasteiger partial charge in [-0.1, -0.05) is 5.57 Å².